The SMILES string of the molecule is COc1ccc(OC)c(C(=O)Nc2ccc(Cl)c(Cl)c2)c1. The van der Waals surface area contributed by atoms with Gasteiger partial charge in [-0.2, -0.15) is 0 Å². The van der Waals surface area contributed by atoms with Crippen molar-refractivity contribution in [2.24, 2.45) is 0 Å². The second kappa shape index (κ2) is 6.70. The van der Waals surface area contributed by atoms with Gasteiger partial charge >= 0.3 is 0 Å². The van der Waals surface area contributed by atoms with E-state index in [4.69, 9.17) is 32.7 Å². The van der Waals surface area contributed by atoms with E-state index in [1.165, 1.54) is 14.2 Å². The van der Waals surface area contributed by atoms with Crippen LogP contribution in [0.4, 0.5) is 5.69 Å². The quantitative estimate of drug-likeness (QED) is 0.913. The Morgan fingerprint density at radius 2 is 1.76 bits per heavy atom. The third-order valence-corrected chi connectivity index (χ3v) is 3.57. The smallest absolute Gasteiger partial charge is 0.259 e. The molecular weight excluding hydrogens is 313 g/mol. The Bertz CT molecular complexity index is 674. The van der Waals surface area contributed by atoms with Gasteiger partial charge in [-0.25, -0.2) is 0 Å². The Balaban J connectivity index is 2.28. The van der Waals surface area contributed by atoms with E-state index in [0.717, 1.165) is 0 Å². The first kappa shape index (κ1) is 15.5. The average molecular weight is 326 g/mol. The molecule has 0 aliphatic carbocycles. The molecule has 0 fully saturated rings. The largest absolute Gasteiger partial charge is 0.497 e. The Labute approximate surface area is 132 Å². The number of nitrogens with one attached hydrogen (secondary N) is 1. The number of carbonyl (C=O) groups excluding carboxylic acids is 1. The highest BCUT2D eigenvalue weighted by atomic mass is 35.5. The molecule has 1 amide bonds. The fourth-order valence-electron chi connectivity index (χ4n) is 1.76. The van der Waals surface area contributed by atoms with Crippen molar-refractivity contribution in [3.8, 4) is 11.5 Å². The molecule has 0 atom stereocenters. The molecule has 4 nitrogen and oxygen atoms in total. The Morgan fingerprint density at radius 3 is 2.38 bits per heavy atom. The maximum Gasteiger partial charge on any atom is 0.259 e. The normalized spacial score (nSPS) is 10.1. The second-order valence-electron chi connectivity index (χ2n) is 4.15. The lowest BCUT2D eigenvalue weighted by Crippen LogP contribution is -2.13. The predicted octanol–water partition coefficient (Wildman–Crippen LogP) is 4.26. The summed E-state index contributed by atoms with van der Waals surface area (Å²) in [6, 6.07) is 9.85. The van der Waals surface area contributed by atoms with Gasteiger partial charge in [0.2, 0.25) is 0 Å². The maximum atomic E-state index is 12.3. The summed E-state index contributed by atoms with van der Waals surface area (Å²) < 4.78 is 10.3. The highest BCUT2D eigenvalue weighted by Crippen LogP contribution is 2.27. The van der Waals surface area contributed by atoms with Crippen LogP contribution in [-0.2, 0) is 0 Å². The number of methoxy groups -OCH3 is 2. The van der Waals surface area contributed by atoms with Gasteiger partial charge in [0.05, 0.1) is 29.8 Å². The molecule has 21 heavy (non-hydrogen) atoms. The lowest BCUT2D eigenvalue weighted by atomic mass is 10.1. The number of carbonyl (C=O) groups is 1. The molecule has 0 bridgehead atoms. The van der Waals surface area contributed by atoms with Gasteiger partial charge in [-0.1, -0.05) is 23.2 Å². The van der Waals surface area contributed by atoms with Gasteiger partial charge in [-0.15, -0.1) is 0 Å². The van der Waals surface area contributed by atoms with Gasteiger partial charge in [0.25, 0.3) is 5.91 Å². The van der Waals surface area contributed by atoms with Crippen LogP contribution in [0.15, 0.2) is 36.4 Å². The number of anilines is 1. The predicted molar refractivity (Wildman–Crippen MR) is 84.0 cm³/mol. The van der Waals surface area contributed by atoms with Crippen LogP contribution in [0.5, 0.6) is 11.5 Å². The molecule has 1 N–H and O–H groups in total. The molecular formula is C15H13Cl2NO3. The summed E-state index contributed by atoms with van der Waals surface area (Å²) in [7, 11) is 3.03. The van der Waals surface area contributed by atoms with Crippen LogP contribution in [0, 0.1) is 0 Å². The average Bonchev–Trinajstić information content (AvgIpc) is 2.50. The number of amides is 1. The lowest BCUT2D eigenvalue weighted by molar-refractivity contribution is 0.102. The monoisotopic (exact) mass is 325 g/mol. The van der Waals surface area contributed by atoms with Crippen molar-refractivity contribution in [1.82, 2.24) is 0 Å². The van der Waals surface area contributed by atoms with E-state index in [1.54, 1.807) is 36.4 Å². The van der Waals surface area contributed by atoms with Crippen LogP contribution in [0.1, 0.15) is 10.4 Å². The van der Waals surface area contributed by atoms with Crippen molar-refractivity contribution in [3.05, 3.63) is 52.0 Å². The minimum atomic E-state index is -0.330. The van der Waals surface area contributed by atoms with Crippen LogP contribution in [0.3, 0.4) is 0 Å². The summed E-state index contributed by atoms with van der Waals surface area (Å²) in [6.07, 6.45) is 0. The zero-order valence-corrected chi connectivity index (χ0v) is 13.0. The highest BCUT2D eigenvalue weighted by Gasteiger charge is 2.14. The summed E-state index contributed by atoms with van der Waals surface area (Å²) in [6.45, 7) is 0. The standard InChI is InChI=1S/C15H13Cl2NO3/c1-20-10-4-6-14(21-2)11(8-10)15(19)18-9-3-5-12(16)13(17)7-9/h3-8H,1-2H3,(H,18,19). The van der Waals surface area contributed by atoms with Crippen molar-refractivity contribution >= 4 is 34.8 Å². The molecule has 6 heteroatoms. The molecule has 0 aliphatic heterocycles. The van der Waals surface area contributed by atoms with Gasteiger partial charge < -0.3 is 14.8 Å². The lowest BCUT2D eigenvalue weighted by Gasteiger charge is -2.11. The molecule has 2 rings (SSSR count). The molecule has 2 aromatic rings. The third kappa shape index (κ3) is 3.60. The first-order valence-corrected chi connectivity index (χ1v) is 6.79. The van der Waals surface area contributed by atoms with Gasteiger partial charge in [0, 0.05) is 5.69 Å². The molecule has 0 radical (unpaired) electrons. The van der Waals surface area contributed by atoms with Crippen LogP contribution in [-0.4, -0.2) is 20.1 Å². The van der Waals surface area contributed by atoms with Crippen molar-refractivity contribution in [3.63, 3.8) is 0 Å². The van der Waals surface area contributed by atoms with E-state index < -0.39 is 0 Å². The van der Waals surface area contributed by atoms with Crippen molar-refractivity contribution in [1.29, 1.82) is 0 Å². The van der Waals surface area contributed by atoms with E-state index in [0.29, 0.717) is 32.8 Å². The topological polar surface area (TPSA) is 47.6 Å². The van der Waals surface area contributed by atoms with Crippen LogP contribution in [0.25, 0.3) is 0 Å². The van der Waals surface area contributed by atoms with E-state index >= 15 is 0 Å². The van der Waals surface area contributed by atoms with Crippen LogP contribution >= 0.6 is 23.2 Å². The second-order valence-corrected chi connectivity index (χ2v) is 4.96. The number of hydrogen-bond acceptors (Lipinski definition) is 3. The minimum absolute atomic E-state index is 0.330. The molecule has 0 aliphatic rings. The minimum Gasteiger partial charge on any atom is -0.497 e. The van der Waals surface area contributed by atoms with E-state index in [1.807, 2.05) is 0 Å². The van der Waals surface area contributed by atoms with E-state index in [9.17, 15) is 4.79 Å². The first-order chi connectivity index (χ1) is 10.0. The van der Waals surface area contributed by atoms with Crippen LogP contribution < -0.4 is 14.8 Å². The van der Waals surface area contributed by atoms with Gasteiger partial charge in [0.1, 0.15) is 11.5 Å². The Hall–Kier alpha value is -1.91. The molecule has 0 saturated carbocycles. The van der Waals surface area contributed by atoms with Crippen molar-refractivity contribution < 1.29 is 14.3 Å². The Kier molecular flexibility index (Phi) is 4.94. The number of halogens is 2. The van der Waals surface area contributed by atoms with Gasteiger partial charge in [0.15, 0.2) is 0 Å². The number of ether oxygens (including phenoxy) is 2. The van der Waals surface area contributed by atoms with Crippen molar-refractivity contribution in [2.45, 2.75) is 0 Å². The molecule has 0 spiro atoms. The summed E-state index contributed by atoms with van der Waals surface area (Å²) in [4.78, 5) is 12.3. The fraction of sp³-hybridized carbons (Fsp3) is 0.133. The molecule has 0 unspecified atom stereocenters. The number of hydrogen-bond donors (Lipinski definition) is 1. The number of benzene rings is 2. The fourth-order valence-corrected chi connectivity index (χ4v) is 2.06. The molecule has 0 aromatic heterocycles. The van der Waals surface area contributed by atoms with E-state index in [-0.39, 0.29) is 5.91 Å². The number of rotatable bonds is 4. The van der Waals surface area contributed by atoms with E-state index in [2.05, 4.69) is 5.32 Å². The highest BCUT2D eigenvalue weighted by molar-refractivity contribution is 6.42. The van der Waals surface area contributed by atoms with Crippen molar-refractivity contribution in [2.75, 3.05) is 19.5 Å². The van der Waals surface area contributed by atoms with Gasteiger partial charge in [-0.3, -0.25) is 4.79 Å². The maximum absolute atomic E-state index is 12.3. The first-order valence-electron chi connectivity index (χ1n) is 6.03. The van der Waals surface area contributed by atoms with Gasteiger partial charge in [-0.05, 0) is 36.4 Å². The zero-order chi connectivity index (χ0) is 15.4. The zero-order valence-electron chi connectivity index (χ0n) is 11.4. The Morgan fingerprint density at radius 1 is 1.00 bits per heavy atom. The van der Waals surface area contributed by atoms with Crippen LogP contribution in [0.2, 0.25) is 10.0 Å². The molecule has 0 saturated heterocycles. The summed E-state index contributed by atoms with van der Waals surface area (Å²) in [5, 5.41) is 3.53. The molecule has 2 aromatic carbocycles. The molecule has 110 valence electrons. The summed E-state index contributed by atoms with van der Waals surface area (Å²) >= 11 is 11.8. The third-order valence-electron chi connectivity index (χ3n) is 2.83. The molecule has 0 heterocycles. The summed E-state index contributed by atoms with van der Waals surface area (Å²) in [5.74, 6) is 0.688. The summed E-state index contributed by atoms with van der Waals surface area (Å²) in [5.41, 5.74) is 0.905.